The molecule has 96 valence electrons. The zero-order valence-corrected chi connectivity index (χ0v) is 10.8. The quantitative estimate of drug-likeness (QED) is 0.841. The lowest BCUT2D eigenvalue weighted by Gasteiger charge is -2.10. The molecule has 0 bridgehead atoms. The summed E-state index contributed by atoms with van der Waals surface area (Å²) in [6.07, 6.45) is 11.7. The molecule has 0 amide bonds. The molecule has 0 fully saturated rings. The molecule has 2 aromatic heterocycles. The molecule has 0 aliphatic heterocycles. The van der Waals surface area contributed by atoms with E-state index in [9.17, 15) is 0 Å². The van der Waals surface area contributed by atoms with Crippen LogP contribution in [-0.2, 0) is 19.9 Å². The second-order valence-electron chi connectivity index (χ2n) is 4.72. The minimum absolute atomic E-state index is 0.241. The number of hydrogen-bond donors (Lipinski definition) is 1. The average Bonchev–Trinajstić information content (AvgIpc) is 2.81. The first-order valence-electron chi connectivity index (χ1n) is 6.36. The molecule has 18 heavy (non-hydrogen) atoms. The van der Waals surface area contributed by atoms with E-state index in [-0.39, 0.29) is 6.04 Å². The van der Waals surface area contributed by atoms with Crippen LogP contribution >= 0.6 is 0 Å². The molecule has 0 aliphatic rings. The van der Waals surface area contributed by atoms with Crippen molar-refractivity contribution in [1.29, 1.82) is 0 Å². The van der Waals surface area contributed by atoms with Gasteiger partial charge in [-0.25, -0.2) is 0 Å². The zero-order chi connectivity index (χ0) is 12.8. The first-order chi connectivity index (χ1) is 8.74. The Kier molecular flexibility index (Phi) is 4.47. The molecule has 2 heterocycles. The van der Waals surface area contributed by atoms with Crippen LogP contribution in [0.15, 0.2) is 36.9 Å². The number of hydrogen-bond acceptors (Lipinski definition) is 3. The fraction of sp³-hybridized carbons (Fsp3) is 0.429. The van der Waals surface area contributed by atoms with Crippen molar-refractivity contribution in [3.05, 3.63) is 48.0 Å². The van der Waals surface area contributed by atoms with E-state index in [0.717, 1.165) is 25.7 Å². The van der Waals surface area contributed by atoms with Crippen LogP contribution in [0.5, 0.6) is 0 Å². The van der Waals surface area contributed by atoms with Gasteiger partial charge in [-0.3, -0.25) is 9.67 Å². The number of aryl methyl sites for hydroxylation is 3. The predicted molar refractivity (Wildman–Crippen MR) is 72.1 cm³/mol. The van der Waals surface area contributed by atoms with Gasteiger partial charge in [0.05, 0.1) is 6.20 Å². The van der Waals surface area contributed by atoms with Crippen molar-refractivity contribution in [2.45, 2.75) is 31.7 Å². The molecule has 0 saturated carbocycles. The molecule has 0 saturated heterocycles. The number of nitrogens with two attached hydrogens (primary N) is 1. The lowest BCUT2D eigenvalue weighted by Crippen LogP contribution is -2.21. The number of pyridine rings is 1. The van der Waals surface area contributed by atoms with Crippen molar-refractivity contribution in [3.63, 3.8) is 0 Å². The first kappa shape index (κ1) is 12.8. The maximum atomic E-state index is 6.13. The molecular formula is C14H20N4. The Morgan fingerprint density at radius 3 is 2.61 bits per heavy atom. The van der Waals surface area contributed by atoms with E-state index in [0.29, 0.717) is 0 Å². The van der Waals surface area contributed by atoms with Gasteiger partial charge in [-0.05, 0) is 42.9 Å². The topological polar surface area (TPSA) is 56.7 Å². The van der Waals surface area contributed by atoms with Crippen LogP contribution in [0.1, 0.15) is 24.0 Å². The molecule has 2 N–H and O–H groups in total. The van der Waals surface area contributed by atoms with Gasteiger partial charge < -0.3 is 5.73 Å². The average molecular weight is 244 g/mol. The van der Waals surface area contributed by atoms with Gasteiger partial charge in [-0.15, -0.1) is 0 Å². The van der Waals surface area contributed by atoms with Crippen molar-refractivity contribution in [2.24, 2.45) is 12.8 Å². The fourth-order valence-electron chi connectivity index (χ4n) is 2.00. The molecule has 1 unspecified atom stereocenters. The number of nitrogens with zero attached hydrogens (tertiary/aromatic N) is 3. The minimum Gasteiger partial charge on any atom is -0.328 e. The third-order valence-corrected chi connectivity index (χ3v) is 3.09. The van der Waals surface area contributed by atoms with Crippen LogP contribution < -0.4 is 5.73 Å². The van der Waals surface area contributed by atoms with Gasteiger partial charge in [-0.1, -0.05) is 6.07 Å². The van der Waals surface area contributed by atoms with Crippen molar-refractivity contribution in [1.82, 2.24) is 14.8 Å². The van der Waals surface area contributed by atoms with E-state index in [4.69, 9.17) is 5.73 Å². The molecule has 0 aliphatic carbocycles. The van der Waals surface area contributed by atoms with Gasteiger partial charge in [0.15, 0.2) is 0 Å². The third-order valence-electron chi connectivity index (χ3n) is 3.09. The zero-order valence-electron chi connectivity index (χ0n) is 10.8. The van der Waals surface area contributed by atoms with Crippen LogP contribution in [0.2, 0.25) is 0 Å². The molecule has 4 heteroatoms. The molecule has 1 atom stereocenters. The summed E-state index contributed by atoms with van der Waals surface area (Å²) in [4.78, 5) is 4.11. The Hall–Kier alpha value is -1.68. The highest BCUT2D eigenvalue weighted by atomic mass is 15.2. The highest BCUT2D eigenvalue weighted by molar-refractivity contribution is 5.09. The van der Waals surface area contributed by atoms with Crippen molar-refractivity contribution in [2.75, 3.05) is 0 Å². The van der Waals surface area contributed by atoms with Gasteiger partial charge in [0, 0.05) is 31.7 Å². The fourth-order valence-corrected chi connectivity index (χ4v) is 2.00. The number of rotatable bonds is 6. The largest absolute Gasteiger partial charge is 0.328 e. The molecule has 2 aromatic rings. The van der Waals surface area contributed by atoms with E-state index in [1.54, 1.807) is 6.20 Å². The van der Waals surface area contributed by atoms with Crippen molar-refractivity contribution in [3.8, 4) is 0 Å². The number of aromatic nitrogens is 3. The van der Waals surface area contributed by atoms with Crippen LogP contribution in [0.25, 0.3) is 0 Å². The van der Waals surface area contributed by atoms with Crippen LogP contribution in [0.4, 0.5) is 0 Å². The van der Waals surface area contributed by atoms with Crippen molar-refractivity contribution < 1.29 is 0 Å². The lowest BCUT2D eigenvalue weighted by molar-refractivity contribution is 0.568. The predicted octanol–water partition coefficient (Wildman–Crippen LogP) is 1.71. The highest BCUT2D eigenvalue weighted by Crippen LogP contribution is 2.08. The van der Waals surface area contributed by atoms with E-state index in [2.05, 4.69) is 16.1 Å². The standard InChI is InChI=1S/C14H20N4/c1-18-11-13(10-17-18)5-7-14(15)6-4-12-3-2-8-16-9-12/h2-3,8-11,14H,4-7,15H2,1H3. The Balaban J connectivity index is 1.71. The minimum atomic E-state index is 0.241. The summed E-state index contributed by atoms with van der Waals surface area (Å²) in [5.41, 5.74) is 8.65. The van der Waals surface area contributed by atoms with Gasteiger partial charge in [-0.2, -0.15) is 5.10 Å². The summed E-state index contributed by atoms with van der Waals surface area (Å²) < 4.78 is 1.83. The molecule has 0 radical (unpaired) electrons. The lowest BCUT2D eigenvalue weighted by atomic mass is 10.0. The first-order valence-corrected chi connectivity index (χ1v) is 6.36. The second-order valence-corrected chi connectivity index (χ2v) is 4.72. The van der Waals surface area contributed by atoms with E-state index < -0.39 is 0 Å². The maximum absolute atomic E-state index is 6.13. The van der Waals surface area contributed by atoms with Gasteiger partial charge in [0.2, 0.25) is 0 Å². The Morgan fingerprint density at radius 2 is 2.00 bits per heavy atom. The molecular weight excluding hydrogens is 224 g/mol. The molecule has 0 spiro atoms. The van der Waals surface area contributed by atoms with Gasteiger partial charge in [0.1, 0.15) is 0 Å². The van der Waals surface area contributed by atoms with E-state index in [1.807, 2.05) is 36.4 Å². The normalized spacial score (nSPS) is 12.6. The van der Waals surface area contributed by atoms with Crippen LogP contribution in [0.3, 0.4) is 0 Å². The van der Waals surface area contributed by atoms with E-state index >= 15 is 0 Å². The van der Waals surface area contributed by atoms with E-state index in [1.165, 1.54) is 11.1 Å². The highest BCUT2D eigenvalue weighted by Gasteiger charge is 2.05. The Labute approximate surface area is 108 Å². The monoisotopic (exact) mass is 244 g/mol. The van der Waals surface area contributed by atoms with Gasteiger partial charge >= 0.3 is 0 Å². The summed E-state index contributed by atoms with van der Waals surface area (Å²) >= 11 is 0. The summed E-state index contributed by atoms with van der Waals surface area (Å²) in [6, 6.07) is 4.31. The third kappa shape index (κ3) is 3.96. The maximum Gasteiger partial charge on any atom is 0.0521 e. The smallest absolute Gasteiger partial charge is 0.0521 e. The molecule has 4 nitrogen and oxygen atoms in total. The second kappa shape index (κ2) is 6.31. The summed E-state index contributed by atoms with van der Waals surface area (Å²) in [7, 11) is 1.94. The van der Waals surface area contributed by atoms with Gasteiger partial charge in [0.25, 0.3) is 0 Å². The summed E-state index contributed by atoms with van der Waals surface area (Å²) in [5.74, 6) is 0. The van der Waals surface area contributed by atoms with Crippen molar-refractivity contribution >= 4 is 0 Å². The SMILES string of the molecule is Cn1cc(CCC(N)CCc2cccnc2)cn1. The Bertz CT molecular complexity index is 464. The molecule has 2 rings (SSSR count). The molecule has 0 aromatic carbocycles. The summed E-state index contributed by atoms with van der Waals surface area (Å²) in [6.45, 7) is 0. The Morgan fingerprint density at radius 1 is 1.22 bits per heavy atom. The van der Waals surface area contributed by atoms with Crippen LogP contribution in [-0.4, -0.2) is 20.8 Å². The van der Waals surface area contributed by atoms with Crippen LogP contribution in [0, 0.1) is 0 Å². The summed E-state index contributed by atoms with van der Waals surface area (Å²) in [5, 5.41) is 4.16.